The fourth-order valence-corrected chi connectivity index (χ4v) is 2.47. The Morgan fingerprint density at radius 2 is 1.84 bits per heavy atom. The van der Waals surface area contributed by atoms with Gasteiger partial charge in [-0.1, -0.05) is 38.8 Å². The van der Waals surface area contributed by atoms with Gasteiger partial charge in [0.05, 0.1) is 5.69 Å². The quantitative estimate of drug-likeness (QED) is 0.804. The summed E-state index contributed by atoms with van der Waals surface area (Å²) >= 11 is 0. The van der Waals surface area contributed by atoms with Crippen LogP contribution < -0.4 is 10.6 Å². The average molecular weight is 266 g/mol. The van der Waals surface area contributed by atoms with Gasteiger partial charge in [-0.25, -0.2) is 4.39 Å². The first kappa shape index (κ1) is 16.0. The Bertz CT molecular complexity index is 386. The summed E-state index contributed by atoms with van der Waals surface area (Å²) in [5, 5.41) is 0. The topological polar surface area (TPSA) is 29.3 Å². The molecule has 0 saturated carbocycles. The molecule has 1 rings (SSSR count). The molecule has 0 unspecified atom stereocenters. The SMILES string of the molecule is CCC(CC)CN(CC)c1c(F)cccc1[C@H](C)N. The van der Waals surface area contributed by atoms with E-state index in [0.29, 0.717) is 11.6 Å². The van der Waals surface area contributed by atoms with E-state index in [2.05, 4.69) is 25.7 Å². The molecule has 0 fully saturated rings. The van der Waals surface area contributed by atoms with Crippen LogP contribution in [0, 0.1) is 11.7 Å². The molecule has 3 heteroatoms. The molecule has 0 aromatic heterocycles. The monoisotopic (exact) mass is 266 g/mol. The van der Waals surface area contributed by atoms with Crippen molar-refractivity contribution in [2.24, 2.45) is 11.7 Å². The third-order valence-electron chi connectivity index (χ3n) is 3.84. The molecule has 2 N–H and O–H groups in total. The van der Waals surface area contributed by atoms with Gasteiger partial charge in [0.25, 0.3) is 0 Å². The Labute approximate surface area is 116 Å². The van der Waals surface area contributed by atoms with Gasteiger partial charge < -0.3 is 10.6 Å². The van der Waals surface area contributed by atoms with Gasteiger partial charge in [0.2, 0.25) is 0 Å². The normalized spacial score (nSPS) is 12.8. The maximum absolute atomic E-state index is 14.2. The second-order valence-corrected chi connectivity index (χ2v) is 5.19. The van der Waals surface area contributed by atoms with E-state index in [1.54, 1.807) is 6.07 Å². The van der Waals surface area contributed by atoms with Gasteiger partial charge in [0.15, 0.2) is 0 Å². The van der Waals surface area contributed by atoms with Crippen LogP contribution in [0.1, 0.15) is 52.1 Å². The number of nitrogens with zero attached hydrogens (tertiary/aromatic N) is 1. The minimum atomic E-state index is -0.164. The summed E-state index contributed by atoms with van der Waals surface area (Å²) in [4.78, 5) is 2.13. The van der Waals surface area contributed by atoms with E-state index in [-0.39, 0.29) is 11.9 Å². The second kappa shape index (κ2) is 7.49. The molecule has 108 valence electrons. The van der Waals surface area contributed by atoms with Gasteiger partial charge in [0.1, 0.15) is 5.82 Å². The largest absolute Gasteiger partial charge is 0.369 e. The number of hydrogen-bond donors (Lipinski definition) is 1. The van der Waals surface area contributed by atoms with Crippen molar-refractivity contribution in [3.8, 4) is 0 Å². The van der Waals surface area contributed by atoms with Gasteiger partial charge in [-0.3, -0.25) is 0 Å². The van der Waals surface area contributed by atoms with Gasteiger partial charge in [-0.2, -0.15) is 0 Å². The summed E-state index contributed by atoms with van der Waals surface area (Å²) in [6.07, 6.45) is 2.24. The van der Waals surface area contributed by atoms with Gasteiger partial charge in [-0.05, 0) is 31.4 Å². The molecule has 0 saturated heterocycles. The molecular formula is C16H27FN2. The van der Waals surface area contributed by atoms with Crippen LogP contribution in [0.15, 0.2) is 18.2 Å². The molecule has 0 aliphatic rings. The molecule has 0 radical (unpaired) electrons. The summed E-state index contributed by atoms with van der Waals surface area (Å²) < 4.78 is 14.2. The number of nitrogens with two attached hydrogens (primary N) is 1. The molecule has 2 nitrogen and oxygen atoms in total. The van der Waals surface area contributed by atoms with Crippen LogP contribution in [-0.4, -0.2) is 13.1 Å². The summed E-state index contributed by atoms with van der Waals surface area (Å²) in [6.45, 7) is 10.1. The number of rotatable bonds is 7. The van der Waals surface area contributed by atoms with Crippen molar-refractivity contribution in [2.45, 2.75) is 46.6 Å². The highest BCUT2D eigenvalue weighted by molar-refractivity contribution is 5.56. The Balaban J connectivity index is 3.10. The Hall–Kier alpha value is -1.09. The number of halogens is 1. The molecule has 0 heterocycles. The maximum Gasteiger partial charge on any atom is 0.146 e. The van der Waals surface area contributed by atoms with Crippen LogP contribution in [-0.2, 0) is 0 Å². The zero-order chi connectivity index (χ0) is 14.4. The fraction of sp³-hybridized carbons (Fsp3) is 0.625. The molecule has 1 aromatic rings. The van der Waals surface area contributed by atoms with Crippen LogP contribution in [0.25, 0.3) is 0 Å². The number of hydrogen-bond acceptors (Lipinski definition) is 2. The molecule has 0 bridgehead atoms. The number of anilines is 1. The lowest BCUT2D eigenvalue weighted by molar-refractivity contribution is 0.480. The summed E-state index contributed by atoms with van der Waals surface area (Å²) in [7, 11) is 0. The Morgan fingerprint density at radius 1 is 1.21 bits per heavy atom. The van der Waals surface area contributed by atoms with E-state index in [9.17, 15) is 4.39 Å². The number of para-hydroxylation sites is 1. The van der Waals surface area contributed by atoms with Crippen LogP contribution in [0.2, 0.25) is 0 Å². The Kier molecular flexibility index (Phi) is 6.29. The van der Waals surface area contributed by atoms with Crippen molar-refractivity contribution in [1.29, 1.82) is 0 Å². The van der Waals surface area contributed by atoms with Gasteiger partial charge in [0, 0.05) is 19.1 Å². The third kappa shape index (κ3) is 3.93. The van der Waals surface area contributed by atoms with Crippen LogP contribution in [0.3, 0.4) is 0 Å². The lowest BCUT2D eigenvalue weighted by Crippen LogP contribution is -2.31. The van der Waals surface area contributed by atoms with Gasteiger partial charge in [-0.15, -0.1) is 0 Å². The van der Waals surface area contributed by atoms with Crippen LogP contribution in [0.5, 0.6) is 0 Å². The van der Waals surface area contributed by atoms with Gasteiger partial charge >= 0.3 is 0 Å². The molecule has 1 atom stereocenters. The minimum Gasteiger partial charge on any atom is -0.369 e. The van der Waals surface area contributed by atoms with E-state index < -0.39 is 0 Å². The third-order valence-corrected chi connectivity index (χ3v) is 3.84. The molecule has 0 amide bonds. The van der Waals surface area contributed by atoms with E-state index in [4.69, 9.17) is 5.73 Å². The standard InChI is InChI=1S/C16H27FN2/c1-5-13(6-2)11-19(7-3)16-14(12(4)18)9-8-10-15(16)17/h8-10,12-13H,5-7,11,18H2,1-4H3/t12-/m0/s1. The number of benzene rings is 1. The zero-order valence-corrected chi connectivity index (χ0v) is 12.6. The molecule has 0 aliphatic carbocycles. The van der Waals surface area contributed by atoms with Crippen molar-refractivity contribution in [2.75, 3.05) is 18.0 Å². The van der Waals surface area contributed by atoms with E-state index in [0.717, 1.165) is 31.5 Å². The van der Waals surface area contributed by atoms with Crippen molar-refractivity contribution in [1.82, 2.24) is 0 Å². The second-order valence-electron chi connectivity index (χ2n) is 5.19. The van der Waals surface area contributed by atoms with Crippen molar-refractivity contribution < 1.29 is 4.39 Å². The van der Waals surface area contributed by atoms with Crippen molar-refractivity contribution in [3.05, 3.63) is 29.6 Å². The highest BCUT2D eigenvalue weighted by Gasteiger charge is 2.19. The fourth-order valence-electron chi connectivity index (χ4n) is 2.47. The van der Waals surface area contributed by atoms with Crippen molar-refractivity contribution >= 4 is 5.69 Å². The first-order valence-corrected chi connectivity index (χ1v) is 7.33. The summed E-state index contributed by atoms with van der Waals surface area (Å²) in [5.74, 6) is 0.433. The Morgan fingerprint density at radius 3 is 2.32 bits per heavy atom. The van der Waals surface area contributed by atoms with Crippen LogP contribution in [0.4, 0.5) is 10.1 Å². The molecule has 0 spiro atoms. The highest BCUT2D eigenvalue weighted by Crippen LogP contribution is 2.29. The van der Waals surface area contributed by atoms with E-state index in [1.165, 1.54) is 6.07 Å². The van der Waals surface area contributed by atoms with E-state index in [1.807, 2.05) is 13.0 Å². The summed E-state index contributed by atoms with van der Waals surface area (Å²) in [6, 6.07) is 5.04. The van der Waals surface area contributed by atoms with E-state index >= 15 is 0 Å². The predicted octanol–water partition coefficient (Wildman–Crippen LogP) is 4.11. The van der Waals surface area contributed by atoms with Crippen LogP contribution >= 0.6 is 0 Å². The first-order chi connectivity index (χ1) is 9.04. The average Bonchev–Trinajstić information content (AvgIpc) is 2.40. The predicted molar refractivity (Wildman–Crippen MR) is 81.0 cm³/mol. The molecule has 1 aromatic carbocycles. The maximum atomic E-state index is 14.2. The molecular weight excluding hydrogens is 239 g/mol. The highest BCUT2D eigenvalue weighted by atomic mass is 19.1. The smallest absolute Gasteiger partial charge is 0.146 e. The van der Waals surface area contributed by atoms with Crippen molar-refractivity contribution in [3.63, 3.8) is 0 Å². The lowest BCUT2D eigenvalue weighted by atomic mass is 10.0. The lowest BCUT2D eigenvalue weighted by Gasteiger charge is -2.30. The minimum absolute atomic E-state index is 0.151. The first-order valence-electron chi connectivity index (χ1n) is 7.33. The zero-order valence-electron chi connectivity index (χ0n) is 12.6. The summed E-state index contributed by atoms with van der Waals surface area (Å²) in [5.41, 5.74) is 7.56. The molecule has 19 heavy (non-hydrogen) atoms. The molecule has 0 aliphatic heterocycles.